The molecule has 0 atom stereocenters. The third-order valence-electron chi connectivity index (χ3n) is 6.56. The van der Waals surface area contributed by atoms with E-state index < -0.39 is 11.7 Å². The molecule has 2 heterocycles. The molecule has 0 unspecified atom stereocenters. The number of alkyl halides is 3. The van der Waals surface area contributed by atoms with E-state index in [-0.39, 0.29) is 24.0 Å². The summed E-state index contributed by atoms with van der Waals surface area (Å²) >= 11 is 0. The van der Waals surface area contributed by atoms with Crippen LogP contribution in [-0.4, -0.2) is 58.6 Å². The first kappa shape index (κ1) is 26.4. The van der Waals surface area contributed by atoms with Crippen LogP contribution in [0.2, 0.25) is 0 Å². The summed E-state index contributed by atoms with van der Waals surface area (Å²) in [5.74, 6) is 0.962. The first-order valence-corrected chi connectivity index (χ1v) is 12.5. The Kier molecular flexibility index (Phi) is 7.65. The second kappa shape index (κ2) is 11.3. The second-order valence-electron chi connectivity index (χ2n) is 9.46. The molecule has 0 aliphatic carbocycles. The van der Waals surface area contributed by atoms with Crippen molar-refractivity contribution in [2.45, 2.75) is 19.6 Å². The number of hydrogen-bond donors (Lipinski definition) is 0. The molecule has 1 aromatic heterocycles. The van der Waals surface area contributed by atoms with Gasteiger partial charge in [-0.05, 0) is 48.9 Å². The topological polar surface area (TPSA) is 71.7 Å². The maximum atomic E-state index is 13.1. The maximum absolute atomic E-state index is 13.1. The minimum Gasteiger partial charge on any atom is -0.484 e. The predicted molar refractivity (Wildman–Crippen MR) is 139 cm³/mol. The fraction of sp³-hybridized carbons (Fsp3) is 0.276. The van der Waals surface area contributed by atoms with Gasteiger partial charge in [0, 0.05) is 43.9 Å². The largest absolute Gasteiger partial charge is 0.484 e. The van der Waals surface area contributed by atoms with E-state index in [1.165, 1.54) is 12.1 Å². The summed E-state index contributed by atoms with van der Waals surface area (Å²) in [5.41, 5.74) is 2.29. The van der Waals surface area contributed by atoms with Gasteiger partial charge in [-0.3, -0.25) is 9.69 Å². The lowest BCUT2D eigenvalue weighted by Crippen LogP contribution is -2.49. The number of hydrogen-bond acceptors (Lipinski definition) is 6. The van der Waals surface area contributed by atoms with Gasteiger partial charge < -0.3 is 14.2 Å². The van der Waals surface area contributed by atoms with Gasteiger partial charge in [-0.15, -0.1) is 0 Å². The fourth-order valence-corrected chi connectivity index (χ4v) is 4.38. The van der Waals surface area contributed by atoms with Gasteiger partial charge in [0.15, 0.2) is 6.61 Å². The van der Waals surface area contributed by atoms with Crippen LogP contribution in [0.15, 0.2) is 77.3 Å². The van der Waals surface area contributed by atoms with Crippen LogP contribution < -0.4 is 4.74 Å². The summed E-state index contributed by atoms with van der Waals surface area (Å²) < 4.78 is 50.1. The Hall–Kier alpha value is -4.18. The first-order valence-electron chi connectivity index (χ1n) is 12.5. The second-order valence-corrected chi connectivity index (χ2v) is 9.46. The van der Waals surface area contributed by atoms with E-state index in [1.54, 1.807) is 0 Å². The molecule has 0 bridgehead atoms. The van der Waals surface area contributed by atoms with Crippen LogP contribution in [0.1, 0.15) is 16.7 Å². The number of benzene rings is 3. The number of aromatic nitrogens is 2. The van der Waals surface area contributed by atoms with Crippen molar-refractivity contribution in [2.24, 2.45) is 0 Å². The van der Waals surface area contributed by atoms with Gasteiger partial charge in [0.05, 0.1) is 5.56 Å². The van der Waals surface area contributed by atoms with Crippen LogP contribution in [0.25, 0.3) is 22.8 Å². The molecule has 1 amide bonds. The van der Waals surface area contributed by atoms with Gasteiger partial charge in [-0.2, -0.15) is 18.2 Å². The molecule has 5 rings (SSSR count). The van der Waals surface area contributed by atoms with Gasteiger partial charge in [-0.25, -0.2) is 0 Å². The number of aryl methyl sites for hydroxylation is 1. The molecular formula is C29H27F3N4O3. The SMILES string of the molecule is Cc1ccc(OCC(=O)N2CCN(Cc3cccc(-c4noc(-c5cccc(C(F)(F)F)c5)n4)c3)CC2)cc1. The highest BCUT2D eigenvalue weighted by molar-refractivity contribution is 5.77. The Morgan fingerprint density at radius 1 is 0.949 bits per heavy atom. The minimum atomic E-state index is -4.46. The standard InChI is InChI=1S/C29H27F3N4O3/c1-20-8-10-25(11-9-20)38-19-26(37)36-14-12-35(13-15-36)18-21-4-2-5-22(16-21)27-33-28(39-34-27)23-6-3-7-24(17-23)29(30,31)32/h2-11,16-17H,12-15,18-19H2,1H3. The number of piperazine rings is 1. The van der Waals surface area contributed by atoms with E-state index in [2.05, 4.69) is 15.0 Å². The van der Waals surface area contributed by atoms with E-state index in [1.807, 2.05) is 60.4 Å². The third kappa shape index (κ3) is 6.64. The van der Waals surface area contributed by atoms with Crippen LogP contribution in [0.4, 0.5) is 13.2 Å². The monoisotopic (exact) mass is 536 g/mol. The average molecular weight is 537 g/mol. The Morgan fingerprint density at radius 2 is 1.67 bits per heavy atom. The van der Waals surface area contributed by atoms with Crippen molar-refractivity contribution in [3.05, 3.63) is 89.5 Å². The zero-order valence-electron chi connectivity index (χ0n) is 21.3. The van der Waals surface area contributed by atoms with E-state index in [9.17, 15) is 18.0 Å². The Bertz CT molecular complexity index is 1430. The molecule has 202 valence electrons. The van der Waals surface area contributed by atoms with Crippen molar-refractivity contribution in [1.82, 2.24) is 19.9 Å². The van der Waals surface area contributed by atoms with Gasteiger partial charge in [0.1, 0.15) is 5.75 Å². The van der Waals surface area contributed by atoms with E-state index in [4.69, 9.17) is 9.26 Å². The summed E-state index contributed by atoms with van der Waals surface area (Å²) in [6, 6.07) is 20.1. The molecule has 1 aliphatic rings. The average Bonchev–Trinajstić information content (AvgIpc) is 3.43. The van der Waals surface area contributed by atoms with Crippen LogP contribution in [0.5, 0.6) is 5.75 Å². The van der Waals surface area contributed by atoms with Gasteiger partial charge >= 0.3 is 6.18 Å². The van der Waals surface area contributed by atoms with Crippen molar-refractivity contribution in [3.63, 3.8) is 0 Å². The summed E-state index contributed by atoms with van der Waals surface area (Å²) in [7, 11) is 0. The number of carbonyl (C=O) groups excluding carboxylic acids is 1. The lowest BCUT2D eigenvalue weighted by Gasteiger charge is -2.34. The minimum absolute atomic E-state index is 0.0122. The number of rotatable bonds is 7. The highest BCUT2D eigenvalue weighted by Crippen LogP contribution is 2.32. The first-order chi connectivity index (χ1) is 18.7. The van der Waals surface area contributed by atoms with Crippen LogP contribution in [0.3, 0.4) is 0 Å². The summed E-state index contributed by atoms with van der Waals surface area (Å²) in [6.45, 7) is 5.36. The number of nitrogens with zero attached hydrogens (tertiary/aromatic N) is 4. The normalized spacial score (nSPS) is 14.4. The molecule has 4 aromatic rings. The molecule has 3 aromatic carbocycles. The molecule has 10 heteroatoms. The summed E-state index contributed by atoms with van der Waals surface area (Å²) in [5, 5.41) is 3.98. The summed E-state index contributed by atoms with van der Waals surface area (Å²) in [4.78, 5) is 21.0. The van der Waals surface area contributed by atoms with Gasteiger partial charge in [0.2, 0.25) is 5.82 Å². The molecule has 39 heavy (non-hydrogen) atoms. The molecule has 0 spiro atoms. The van der Waals surface area contributed by atoms with Gasteiger partial charge in [0.25, 0.3) is 11.8 Å². The lowest BCUT2D eigenvalue weighted by atomic mass is 10.1. The van der Waals surface area contributed by atoms with Gasteiger partial charge in [-0.1, -0.05) is 47.1 Å². The van der Waals surface area contributed by atoms with E-state index in [0.717, 1.165) is 36.3 Å². The quantitative estimate of drug-likeness (QED) is 0.313. The zero-order valence-corrected chi connectivity index (χ0v) is 21.3. The number of carbonyl (C=O) groups is 1. The Balaban J connectivity index is 1.16. The lowest BCUT2D eigenvalue weighted by molar-refractivity contribution is -0.137. The van der Waals surface area contributed by atoms with Crippen LogP contribution in [-0.2, 0) is 17.5 Å². The van der Waals surface area contributed by atoms with Crippen molar-refractivity contribution < 1.29 is 27.2 Å². The molecule has 0 saturated carbocycles. The summed E-state index contributed by atoms with van der Waals surface area (Å²) in [6.07, 6.45) is -4.46. The molecule has 1 fully saturated rings. The Morgan fingerprint density at radius 3 is 2.41 bits per heavy atom. The Labute approximate surface area is 223 Å². The van der Waals surface area contributed by atoms with E-state index in [0.29, 0.717) is 36.8 Å². The smallest absolute Gasteiger partial charge is 0.416 e. The van der Waals surface area contributed by atoms with Crippen molar-refractivity contribution in [1.29, 1.82) is 0 Å². The predicted octanol–water partition coefficient (Wildman–Crippen LogP) is 5.45. The van der Waals surface area contributed by atoms with Crippen molar-refractivity contribution >= 4 is 5.91 Å². The van der Waals surface area contributed by atoms with Crippen LogP contribution >= 0.6 is 0 Å². The molecule has 1 saturated heterocycles. The highest BCUT2D eigenvalue weighted by atomic mass is 19.4. The molecule has 7 nitrogen and oxygen atoms in total. The molecular weight excluding hydrogens is 509 g/mol. The number of amides is 1. The van der Waals surface area contributed by atoms with Crippen LogP contribution in [0, 0.1) is 6.92 Å². The fourth-order valence-electron chi connectivity index (χ4n) is 4.38. The highest BCUT2D eigenvalue weighted by Gasteiger charge is 2.31. The molecule has 0 N–H and O–H groups in total. The number of halogens is 3. The van der Waals surface area contributed by atoms with E-state index >= 15 is 0 Å². The maximum Gasteiger partial charge on any atom is 0.416 e. The molecule has 0 radical (unpaired) electrons. The third-order valence-corrected chi connectivity index (χ3v) is 6.56. The zero-order chi connectivity index (χ0) is 27.4. The van der Waals surface area contributed by atoms with Crippen molar-refractivity contribution in [2.75, 3.05) is 32.8 Å². The number of ether oxygens (including phenoxy) is 1. The molecule has 1 aliphatic heterocycles. The van der Waals surface area contributed by atoms with Crippen molar-refractivity contribution in [3.8, 4) is 28.6 Å².